The van der Waals surface area contributed by atoms with Crippen LogP contribution in [-0.2, 0) is 6.54 Å². The Kier molecular flexibility index (Phi) is 3.82. The number of benzene rings is 1. The van der Waals surface area contributed by atoms with E-state index in [1.54, 1.807) is 0 Å². The summed E-state index contributed by atoms with van der Waals surface area (Å²) in [6.45, 7) is 0.843. The van der Waals surface area contributed by atoms with Gasteiger partial charge in [-0.05, 0) is 47.0 Å². The molecule has 5 heteroatoms. The van der Waals surface area contributed by atoms with E-state index < -0.39 is 0 Å². The summed E-state index contributed by atoms with van der Waals surface area (Å²) in [5, 5.41) is 4.13. The summed E-state index contributed by atoms with van der Waals surface area (Å²) in [6, 6.07) is 6.39. The van der Waals surface area contributed by atoms with Crippen molar-refractivity contribution in [1.29, 1.82) is 0 Å². The lowest BCUT2D eigenvalue weighted by atomic mass is 10.2. The fourth-order valence-electron chi connectivity index (χ4n) is 1.78. The number of hydrogen-bond donors (Lipinski definition) is 1. The number of rotatable bonds is 4. The molecule has 1 heterocycles. The second-order valence-corrected chi connectivity index (χ2v) is 5.96. The van der Waals surface area contributed by atoms with E-state index in [1.165, 1.54) is 12.8 Å². The van der Waals surface area contributed by atoms with Gasteiger partial charge in [-0.1, -0.05) is 11.6 Å². The summed E-state index contributed by atoms with van der Waals surface area (Å²) in [5.74, 6) is 0.715. The molecule has 0 amide bonds. The van der Waals surface area contributed by atoms with Gasteiger partial charge in [0, 0.05) is 40.6 Å². The van der Waals surface area contributed by atoms with Gasteiger partial charge in [-0.25, -0.2) is 9.97 Å². The Labute approximate surface area is 125 Å². The molecule has 0 saturated heterocycles. The van der Waals surface area contributed by atoms with Gasteiger partial charge in [0.15, 0.2) is 5.82 Å². The largest absolute Gasteiger partial charge is 0.310 e. The summed E-state index contributed by atoms with van der Waals surface area (Å²) in [5.41, 5.74) is 2.07. The molecule has 1 aromatic carbocycles. The van der Waals surface area contributed by atoms with Crippen LogP contribution in [0.2, 0.25) is 5.02 Å². The van der Waals surface area contributed by atoms with Crippen LogP contribution in [0.5, 0.6) is 0 Å². The van der Waals surface area contributed by atoms with Crippen LogP contribution in [0.25, 0.3) is 11.4 Å². The third-order valence-corrected chi connectivity index (χ3v) is 4.27. The molecule has 1 aromatic heterocycles. The Morgan fingerprint density at radius 1 is 1.26 bits per heavy atom. The molecule has 19 heavy (non-hydrogen) atoms. The summed E-state index contributed by atoms with van der Waals surface area (Å²) in [6.07, 6.45) is 6.33. The van der Waals surface area contributed by atoms with Gasteiger partial charge in [0.2, 0.25) is 0 Å². The van der Waals surface area contributed by atoms with Crippen molar-refractivity contribution in [3.05, 3.63) is 45.7 Å². The van der Waals surface area contributed by atoms with Gasteiger partial charge in [-0.15, -0.1) is 0 Å². The maximum absolute atomic E-state index is 5.97. The number of hydrogen-bond acceptors (Lipinski definition) is 3. The van der Waals surface area contributed by atoms with Crippen molar-refractivity contribution < 1.29 is 0 Å². The molecule has 0 bridgehead atoms. The maximum Gasteiger partial charge on any atom is 0.159 e. The lowest BCUT2D eigenvalue weighted by molar-refractivity contribution is 0.683. The predicted molar refractivity (Wildman–Crippen MR) is 80.0 cm³/mol. The average molecular weight is 339 g/mol. The van der Waals surface area contributed by atoms with E-state index >= 15 is 0 Å². The van der Waals surface area contributed by atoms with Crippen molar-refractivity contribution >= 4 is 27.5 Å². The first-order valence-corrected chi connectivity index (χ1v) is 7.39. The van der Waals surface area contributed by atoms with Crippen LogP contribution in [0, 0.1) is 0 Å². The van der Waals surface area contributed by atoms with Gasteiger partial charge < -0.3 is 5.32 Å². The van der Waals surface area contributed by atoms with Crippen LogP contribution in [-0.4, -0.2) is 16.0 Å². The Bertz CT molecular complexity index is 582. The van der Waals surface area contributed by atoms with Crippen LogP contribution in [0.3, 0.4) is 0 Å². The number of aromatic nitrogens is 2. The highest BCUT2D eigenvalue weighted by molar-refractivity contribution is 9.10. The molecule has 0 unspecified atom stereocenters. The monoisotopic (exact) mass is 337 g/mol. The molecule has 1 N–H and O–H groups in total. The van der Waals surface area contributed by atoms with Gasteiger partial charge in [0.05, 0.1) is 5.02 Å². The lowest BCUT2D eigenvalue weighted by Gasteiger charge is -2.05. The highest BCUT2D eigenvalue weighted by Gasteiger charge is 2.19. The molecule has 2 aromatic rings. The van der Waals surface area contributed by atoms with Crippen LogP contribution < -0.4 is 5.32 Å². The highest BCUT2D eigenvalue weighted by Crippen LogP contribution is 2.27. The van der Waals surface area contributed by atoms with Crippen molar-refractivity contribution in [3.63, 3.8) is 0 Å². The smallest absolute Gasteiger partial charge is 0.159 e. The Hall–Kier alpha value is -0.970. The van der Waals surface area contributed by atoms with Crippen LogP contribution in [0.1, 0.15) is 18.4 Å². The molecule has 98 valence electrons. The molecule has 1 fully saturated rings. The number of halogens is 2. The van der Waals surface area contributed by atoms with E-state index in [0.29, 0.717) is 16.9 Å². The topological polar surface area (TPSA) is 37.8 Å². The van der Waals surface area contributed by atoms with Gasteiger partial charge in [0.25, 0.3) is 0 Å². The number of nitrogens with zero attached hydrogens (tertiary/aromatic N) is 2. The van der Waals surface area contributed by atoms with Crippen LogP contribution in [0.4, 0.5) is 0 Å². The molecule has 1 aliphatic carbocycles. The van der Waals surface area contributed by atoms with E-state index in [9.17, 15) is 0 Å². The third-order valence-electron chi connectivity index (χ3n) is 3.06. The van der Waals surface area contributed by atoms with E-state index in [0.717, 1.165) is 22.1 Å². The van der Waals surface area contributed by atoms with Crippen molar-refractivity contribution in [1.82, 2.24) is 15.3 Å². The summed E-state index contributed by atoms with van der Waals surface area (Å²) >= 11 is 9.38. The van der Waals surface area contributed by atoms with Gasteiger partial charge in [-0.2, -0.15) is 0 Å². The lowest BCUT2D eigenvalue weighted by Crippen LogP contribution is -2.15. The first kappa shape index (κ1) is 13.0. The molecule has 0 atom stereocenters. The Balaban J connectivity index is 1.74. The van der Waals surface area contributed by atoms with Gasteiger partial charge >= 0.3 is 0 Å². The molecule has 0 radical (unpaired) electrons. The molecule has 1 saturated carbocycles. The van der Waals surface area contributed by atoms with Crippen LogP contribution >= 0.6 is 27.5 Å². The first-order chi connectivity index (χ1) is 9.22. The Morgan fingerprint density at radius 2 is 2.00 bits per heavy atom. The standard InChI is InChI=1S/C14H13BrClN3/c15-12-5-10(1-4-13(12)16)14-18-7-9(8-19-14)6-17-11-2-3-11/h1,4-5,7-8,11,17H,2-3,6H2. The van der Waals surface area contributed by atoms with Crippen molar-refractivity contribution in [2.75, 3.05) is 0 Å². The zero-order valence-electron chi connectivity index (χ0n) is 10.2. The fraction of sp³-hybridized carbons (Fsp3) is 0.286. The second-order valence-electron chi connectivity index (χ2n) is 4.70. The molecule has 3 rings (SSSR count). The van der Waals surface area contributed by atoms with E-state index in [4.69, 9.17) is 11.6 Å². The first-order valence-electron chi connectivity index (χ1n) is 6.22. The maximum atomic E-state index is 5.97. The zero-order valence-corrected chi connectivity index (χ0v) is 12.6. The van der Waals surface area contributed by atoms with Crippen molar-refractivity contribution in [3.8, 4) is 11.4 Å². The molecule has 0 aliphatic heterocycles. The normalized spacial score (nSPS) is 14.6. The van der Waals surface area contributed by atoms with Crippen molar-refractivity contribution in [2.45, 2.75) is 25.4 Å². The molecular formula is C14H13BrClN3. The number of nitrogens with one attached hydrogen (secondary N) is 1. The minimum atomic E-state index is 0.689. The fourth-order valence-corrected chi connectivity index (χ4v) is 2.28. The quantitative estimate of drug-likeness (QED) is 0.921. The molecular weight excluding hydrogens is 326 g/mol. The highest BCUT2D eigenvalue weighted by atomic mass is 79.9. The minimum absolute atomic E-state index is 0.689. The van der Waals surface area contributed by atoms with Crippen molar-refractivity contribution in [2.24, 2.45) is 0 Å². The molecule has 3 nitrogen and oxygen atoms in total. The summed E-state index contributed by atoms with van der Waals surface area (Å²) in [4.78, 5) is 8.81. The minimum Gasteiger partial charge on any atom is -0.310 e. The van der Waals surface area contributed by atoms with Gasteiger partial charge in [0.1, 0.15) is 0 Å². The SMILES string of the molecule is Clc1ccc(-c2ncc(CNC3CC3)cn2)cc1Br. The average Bonchev–Trinajstić information content (AvgIpc) is 3.24. The Morgan fingerprint density at radius 3 is 2.63 bits per heavy atom. The van der Waals surface area contributed by atoms with Crippen LogP contribution in [0.15, 0.2) is 35.1 Å². The molecule has 0 spiro atoms. The summed E-state index contributed by atoms with van der Waals surface area (Å²) in [7, 11) is 0. The summed E-state index contributed by atoms with van der Waals surface area (Å²) < 4.78 is 0.856. The van der Waals surface area contributed by atoms with E-state index in [-0.39, 0.29) is 0 Å². The molecule has 1 aliphatic rings. The second kappa shape index (κ2) is 5.57. The zero-order chi connectivity index (χ0) is 13.2. The third kappa shape index (κ3) is 3.32. The van der Waals surface area contributed by atoms with E-state index in [1.807, 2.05) is 30.6 Å². The van der Waals surface area contributed by atoms with E-state index in [2.05, 4.69) is 31.2 Å². The predicted octanol–water partition coefficient (Wildman–Crippen LogP) is 3.81. The van der Waals surface area contributed by atoms with Gasteiger partial charge in [-0.3, -0.25) is 0 Å².